The maximum Gasteiger partial charge on any atom is 0.420 e. The Morgan fingerprint density at radius 3 is 2.89 bits per heavy atom. The van der Waals surface area contributed by atoms with Crippen LogP contribution in [0.5, 0.6) is 0 Å². The number of hydrogen-bond donors (Lipinski definition) is 1. The Labute approximate surface area is 103 Å². The zero-order valence-corrected chi connectivity index (χ0v) is 10.00. The summed E-state index contributed by atoms with van der Waals surface area (Å²) < 4.78 is 6.31. The van der Waals surface area contributed by atoms with Crippen LogP contribution >= 0.6 is 0 Å². The van der Waals surface area contributed by atoms with Crippen LogP contribution < -0.4 is 5.76 Å². The van der Waals surface area contributed by atoms with Crippen molar-refractivity contribution in [2.75, 3.05) is 20.2 Å². The van der Waals surface area contributed by atoms with Crippen molar-refractivity contribution in [2.45, 2.75) is 6.54 Å². The molecule has 1 heterocycles. The van der Waals surface area contributed by atoms with E-state index >= 15 is 0 Å². The Morgan fingerprint density at radius 1 is 1.44 bits per heavy atom. The smallest absolute Gasteiger partial charge is 0.408 e. The van der Waals surface area contributed by atoms with E-state index < -0.39 is 5.76 Å². The molecule has 0 saturated heterocycles. The van der Waals surface area contributed by atoms with Crippen LogP contribution in [0.2, 0.25) is 0 Å². The molecule has 0 bridgehead atoms. The summed E-state index contributed by atoms with van der Waals surface area (Å²) in [4.78, 5) is 24.8. The van der Waals surface area contributed by atoms with Gasteiger partial charge < -0.3 is 14.4 Å². The zero-order valence-electron chi connectivity index (χ0n) is 10.00. The quantitative estimate of drug-likeness (QED) is 0.831. The summed E-state index contributed by atoms with van der Waals surface area (Å²) >= 11 is 0. The number of oxazole rings is 1. The van der Waals surface area contributed by atoms with E-state index in [0.29, 0.717) is 11.1 Å². The summed E-state index contributed by atoms with van der Waals surface area (Å²) in [6.45, 7) is 0.0407. The number of benzene rings is 1. The zero-order chi connectivity index (χ0) is 13.1. The van der Waals surface area contributed by atoms with E-state index in [1.54, 1.807) is 31.3 Å². The van der Waals surface area contributed by atoms with Gasteiger partial charge in [-0.2, -0.15) is 0 Å². The summed E-state index contributed by atoms with van der Waals surface area (Å²) in [5, 5.41) is 8.76. The molecule has 6 heteroatoms. The second kappa shape index (κ2) is 5.05. The molecule has 0 spiro atoms. The van der Waals surface area contributed by atoms with Gasteiger partial charge in [0.2, 0.25) is 5.91 Å². The molecule has 1 aromatic carbocycles. The predicted molar refractivity (Wildman–Crippen MR) is 65.2 cm³/mol. The van der Waals surface area contributed by atoms with Gasteiger partial charge in [0.05, 0.1) is 12.1 Å². The van der Waals surface area contributed by atoms with E-state index in [2.05, 4.69) is 0 Å². The van der Waals surface area contributed by atoms with Crippen molar-refractivity contribution >= 4 is 17.0 Å². The van der Waals surface area contributed by atoms with Crippen LogP contribution in [0.4, 0.5) is 0 Å². The number of nitrogens with zero attached hydrogens (tertiary/aromatic N) is 2. The summed E-state index contributed by atoms with van der Waals surface area (Å²) in [6, 6.07) is 6.93. The van der Waals surface area contributed by atoms with Gasteiger partial charge in [-0.3, -0.25) is 9.36 Å². The number of aromatic nitrogens is 1. The molecule has 6 nitrogen and oxygen atoms in total. The number of rotatable bonds is 4. The first-order valence-electron chi connectivity index (χ1n) is 5.56. The van der Waals surface area contributed by atoms with Crippen molar-refractivity contribution in [3.8, 4) is 0 Å². The minimum absolute atomic E-state index is 0.0909. The van der Waals surface area contributed by atoms with Crippen molar-refractivity contribution in [1.29, 1.82) is 0 Å². The SMILES string of the molecule is CN(CCO)C(=O)Cn1c(=O)oc2ccccc21. The summed E-state index contributed by atoms with van der Waals surface area (Å²) in [7, 11) is 1.58. The van der Waals surface area contributed by atoms with Crippen molar-refractivity contribution < 1.29 is 14.3 Å². The lowest BCUT2D eigenvalue weighted by Gasteiger charge is -2.15. The fraction of sp³-hybridized carbons (Fsp3) is 0.333. The van der Waals surface area contributed by atoms with Crippen LogP contribution in [-0.4, -0.2) is 40.7 Å². The van der Waals surface area contributed by atoms with Crippen LogP contribution in [0.25, 0.3) is 11.1 Å². The van der Waals surface area contributed by atoms with E-state index in [1.165, 1.54) is 9.47 Å². The monoisotopic (exact) mass is 250 g/mol. The Hall–Kier alpha value is -2.08. The first-order valence-corrected chi connectivity index (χ1v) is 5.56. The molecule has 0 aliphatic rings. The van der Waals surface area contributed by atoms with Crippen LogP contribution in [0.15, 0.2) is 33.5 Å². The number of fused-ring (bicyclic) bond motifs is 1. The molecule has 2 rings (SSSR count). The maximum atomic E-state index is 11.8. The van der Waals surface area contributed by atoms with Gasteiger partial charge in [-0.1, -0.05) is 12.1 Å². The Kier molecular flexibility index (Phi) is 3.47. The van der Waals surface area contributed by atoms with E-state index in [0.717, 1.165) is 0 Å². The number of amides is 1. The largest absolute Gasteiger partial charge is 0.420 e. The van der Waals surface area contributed by atoms with Crippen LogP contribution in [-0.2, 0) is 11.3 Å². The number of para-hydroxylation sites is 2. The molecule has 0 aliphatic carbocycles. The van der Waals surface area contributed by atoms with Gasteiger partial charge in [0.1, 0.15) is 6.54 Å². The molecule has 1 amide bonds. The fourth-order valence-corrected chi connectivity index (χ4v) is 1.69. The topological polar surface area (TPSA) is 75.7 Å². The lowest BCUT2D eigenvalue weighted by Crippen LogP contribution is -2.34. The van der Waals surface area contributed by atoms with Crippen LogP contribution in [0.3, 0.4) is 0 Å². The normalized spacial score (nSPS) is 10.8. The van der Waals surface area contributed by atoms with Crippen molar-refractivity contribution in [1.82, 2.24) is 9.47 Å². The Bertz CT molecular complexity index is 614. The highest BCUT2D eigenvalue weighted by Crippen LogP contribution is 2.11. The van der Waals surface area contributed by atoms with E-state index in [-0.39, 0.29) is 25.6 Å². The van der Waals surface area contributed by atoms with E-state index in [9.17, 15) is 9.59 Å². The Morgan fingerprint density at radius 2 is 2.17 bits per heavy atom. The maximum absolute atomic E-state index is 11.8. The van der Waals surface area contributed by atoms with Crippen molar-refractivity contribution in [3.63, 3.8) is 0 Å². The highest BCUT2D eigenvalue weighted by atomic mass is 16.4. The Balaban J connectivity index is 2.29. The second-order valence-corrected chi connectivity index (χ2v) is 3.96. The molecular formula is C12H14N2O4. The highest BCUT2D eigenvalue weighted by Gasteiger charge is 2.14. The van der Waals surface area contributed by atoms with Crippen molar-refractivity contribution in [2.24, 2.45) is 0 Å². The van der Waals surface area contributed by atoms with E-state index in [1.807, 2.05) is 0 Å². The van der Waals surface area contributed by atoms with Gasteiger partial charge >= 0.3 is 5.76 Å². The molecule has 96 valence electrons. The number of carbonyl (C=O) groups excluding carboxylic acids is 1. The van der Waals surface area contributed by atoms with Gasteiger partial charge in [0.25, 0.3) is 0 Å². The molecular weight excluding hydrogens is 236 g/mol. The number of hydrogen-bond acceptors (Lipinski definition) is 4. The number of aliphatic hydroxyl groups is 1. The van der Waals surface area contributed by atoms with Gasteiger partial charge in [0, 0.05) is 13.6 Å². The lowest BCUT2D eigenvalue weighted by atomic mass is 10.3. The lowest BCUT2D eigenvalue weighted by molar-refractivity contribution is -0.131. The molecule has 1 N–H and O–H groups in total. The highest BCUT2D eigenvalue weighted by molar-refractivity contribution is 5.79. The first kappa shape index (κ1) is 12.4. The van der Waals surface area contributed by atoms with Gasteiger partial charge in [-0.25, -0.2) is 4.79 Å². The minimum atomic E-state index is -0.554. The number of aliphatic hydroxyl groups excluding tert-OH is 1. The molecule has 18 heavy (non-hydrogen) atoms. The molecule has 0 unspecified atom stereocenters. The average molecular weight is 250 g/mol. The van der Waals surface area contributed by atoms with Gasteiger partial charge in [-0.05, 0) is 12.1 Å². The van der Waals surface area contributed by atoms with Crippen molar-refractivity contribution in [3.05, 3.63) is 34.8 Å². The van der Waals surface area contributed by atoms with Gasteiger partial charge in [0.15, 0.2) is 5.58 Å². The summed E-state index contributed by atoms with van der Waals surface area (Å²) in [5.41, 5.74) is 1.05. The van der Waals surface area contributed by atoms with Gasteiger partial charge in [-0.15, -0.1) is 0 Å². The molecule has 0 saturated carbocycles. The van der Waals surface area contributed by atoms with E-state index in [4.69, 9.17) is 9.52 Å². The third kappa shape index (κ3) is 2.28. The standard InChI is InChI=1S/C12H14N2O4/c1-13(6-7-15)11(16)8-14-9-4-2-3-5-10(9)18-12(14)17/h2-5,15H,6-8H2,1H3. The van der Waals surface area contributed by atoms with Crippen LogP contribution in [0, 0.1) is 0 Å². The molecule has 0 aliphatic heterocycles. The fourth-order valence-electron chi connectivity index (χ4n) is 1.69. The third-order valence-electron chi connectivity index (χ3n) is 2.73. The number of carbonyl (C=O) groups is 1. The molecule has 1 aromatic heterocycles. The summed E-state index contributed by atoms with van der Waals surface area (Å²) in [5.74, 6) is -0.806. The van der Waals surface area contributed by atoms with Crippen LogP contribution in [0.1, 0.15) is 0 Å². The second-order valence-electron chi connectivity index (χ2n) is 3.96. The molecule has 0 atom stereocenters. The average Bonchev–Trinajstić information content (AvgIpc) is 2.66. The predicted octanol–water partition coefficient (Wildman–Crippen LogP) is 0.0452. The molecule has 0 radical (unpaired) electrons. The minimum Gasteiger partial charge on any atom is -0.408 e. The first-order chi connectivity index (χ1) is 8.63. The molecule has 2 aromatic rings. The third-order valence-corrected chi connectivity index (χ3v) is 2.73. The molecule has 0 fully saturated rings. The number of likely N-dealkylation sites (N-methyl/N-ethyl adjacent to an activating group) is 1. The summed E-state index contributed by atoms with van der Waals surface area (Å²) in [6.07, 6.45) is 0.